The van der Waals surface area contributed by atoms with Crippen molar-refractivity contribution < 1.29 is 23.1 Å². The van der Waals surface area contributed by atoms with Gasteiger partial charge in [-0.25, -0.2) is 0 Å². The highest BCUT2D eigenvalue weighted by Crippen LogP contribution is 2.29. The van der Waals surface area contributed by atoms with Crippen LogP contribution in [0.3, 0.4) is 0 Å². The van der Waals surface area contributed by atoms with E-state index in [1.54, 1.807) is 6.92 Å². The summed E-state index contributed by atoms with van der Waals surface area (Å²) < 4.78 is 32.8. The number of nitrogens with zero attached hydrogens (tertiary/aromatic N) is 2. The summed E-state index contributed by atoms with van der Waals surface area (Å²) in [7, 11) is -3.71. The highest BCUT2D eigenvalue weighted by molar-refractivity contribution is 7.86. The van der Waals surface area contributed by atoms with Crippen LogP contribution in [-0.2, 0) is 19.7 Å². The van der Waals surface area contributed by atoms with Crippen molar-refractivity contribution in [3.8, 4) is 0 Å². The van der Waals surface area contributed by atoms with Gasteiger partial charge in [0.25, 0.3) is 10.2 Å². The largest absolute Gasteiger partial charge is 0.465 e. The van der Waals surface area contributed by atoms with Crippen LogP contribution in [-0.4, -0.2) is 66.5 Å². The Labute approximate surface area is 119 Å². The maximum Gasteiger partial charge on any atom is 0.324 e. The van der Waals surface area contributed by atoms with Gasteiger partial charge < -0.3 is 9.84 Å². The van der Waals surface area contributed by atoms with Crippen molar-refractivity contribution in [3.05, 3.63) is 0 Å². The van der Waals surface area contributed by atoms with E-state index in [-0.39, 0.29) is 19.3 Å². The van der Waals surface area contributed by atoms with E-state index in [4.69, 9.17) is 4.74 Å². The van der Waals surface area contributed by atoms with Crippen molar-refractivity contribution in [2.45, 2.75) is 44.7 Å². The molecule has 2 fully saturated rings. The Balaban J connectivity index is 2.17. The van der Waals surface area contributed by atoms with E-state index in [1.165, 1.54) is 8.61 Å². The molecule has 0 amide bonds. The Bertz CT molecular complexity index is 453. The van der Waals surface area contributed by atoms with E-state index >= 15 is 0 Å². The lowest BCUT2D eigenvalue weighted by molar-refractivity contribution is -0.146. The molecule has 20 heavy (non-hydrogen) atoms. The minimum atomic E-state index is -3.71. The van der Waals surface area contributed by atoms with Gasteiger partial charge in [0.1, 0.15) is 6.04 Å². The molecule has 0 radical (unpaired) electrons. The minimum absolute atomic E-state index is 0.183. The number of rotatable bonds is 5. The molecule has 0 aromatic heterocycles. The Morgan fingerprint density at radius 2 is 1.90 bits per heavy atom. The predicted octanol–water partition coefficient (Wildman–Crippen LogP) is -0.285. The van der Waals surface area contributed by atoms with Crippen LogP contribution in [0.2, 0.25) is 0 Å². The molecular formula is C12H22N2O5S. The highest BCUT2D eigenvalue weighted by atomic mass is 32.2. The fourth-order valence-electron chi connectivity index (χ4n) is 2.92. The third-order valence-corrected chi connectivity index (χ3v) is 5.99. The molecular weight excluding hydrogens is 284 g/mol. The molecule has 8 heteroatoms. The van der Waals surface area contributed by atoms with Crippen molar-refractivity contribution in [2.24, 2.45) is 0 Å². The van der Waals surface area contributed by atoms with E-state index in [0.717, 1.165) is 6.42 Å². The fraction of sp³-hybridized carbons (Fsp3) is 0.917. The summed E-state index contributed by atoms with van der Waals surface area (Å²) in [5.41, 5.74) is 0. The third kappa shape index (κ3) is 2.83. The van der Waals surface area contributed by atoms with E-state index in [9.17, 15) is 18.3 Å². The lowest BCUT2D eigenvalue weighted by atomic mass is 10.2. The third-order valence-electron chi connectivity index (χ3n) is 3.89. The molecule has 0 aromatic rings. The maximum atomic E-state index is 12.7. The molecule has 2 aliphatic rings. The standard InChI is InChI=1S/C12H22N2O5S/c1-2-19-12(16)11-6-4-8-14(11)20(17,18)13-7-3-5-10(13)9-15/h10-11,15H,2-9H2,1H3. The summed E-state index contributed by atoms with van der Waals surface area (Å²) in [6, 6.07) is -1.09. The number of hydrogen-bond donors (Lipinski definition) is 1. The zero-order valence-electron chi connectivity index (χ0n) is 11.7. The molecule has 0 aromatic carbocycles. The van der Waals surface area contributed by atoms with Crippen LogP contribution in [0.25, 0.3) is 0 Å². The van der Waals surface area contributed by atoms with Gasteiger partial charge in [0.15, 0.2) is 0 Å². The SMILES string of the molecule is CCOC(=O)C1CCCN1S(=O)(=O)N1CCCC1CO. The summed E-state index contributed by atoms with van der Waals surface area (Å²) in [5, 5.41) is 9.29. The normalized spacial score (nSPS) is 28.9. The number of carbonyl (C=O) groups is 1. The Morgan fingerprint density at radius 3 is 2.55 bits per heavy atom. The second-order valence-electron chi connectivity index (χ2n) is 5.12. The number of hydrogen-bond acceptors (Lipinski definition) is 5. The van der Waals surface area contributed by atoms with Gasteiger partial charge in [0.2, 0.25) is 0 Å². The van der Waals surface area contributed by atoms with E-state index in [1.807, 2.05) is 0 Å². The first-order chi connectivity index (χ1) is 9.52. The predicted molar refractivity (Wildman–Crippen MR) is 72.1 cm³/mol. The smallest absolute Gasteiger partial charge is 0.324 e. The zero-order valence-corrected chi connectivity index (χ0v) is 12.5. The van der Waals surface area contributed by atoms with Gasteiger partial charge in [-0.3, -0.25) is 4.79 Å². The van der Waals surface area contributed by atoms with Gasteiger partial charge in [-0.15, -0.1) is 0 Å². The van der Waals surface area contributed by atoms with Crippen LogP contribution >= 0.6 is 0 Å². The average Bonchev–Trinajstić information content (AvgIpc) is 3.08. The summed E-state index contributed by atoms with van der Waals surface area (Å²) in [6.07, 6.45) is 2.55. The lowest BCUT2D eigenvalue weighted by Gasteiger charge is -2.30. The monoisotopic (exact) mass is 306 g/mol. The Kier molecular flexibility index (Phi) is 5.00. The van der Waals surface area contributed by atoms with Crippen LogP contribution in [0.4, 0.5) is 0 Å². The average molecular weight is 306 g/mol. The maximum absolute atomic E-state index is 12.7. The van der Waals surface area contributed by atoms with Crippen molar-refractivity contribution >= 4 is 16.2 Å². The van der Waals surface area contributed by atoms with Gasteiger partial charge in [0, 0.05) is 19.1 Å². The molecule has 7 nitrogen and oxygen atoms in total. The van der Waals surface area contributed by atoms with Gasteiger partial charge in [-0.05, 0) is 32.6 Å². The molecule has 0 bridgehead atoms. The fourth-order valence-corrected chi connectivity index (χ4v) is 4.97. The molecule has 2 rings (SSSR count). The number of carbonyl (C=O) groups excluding carboxylic acids is 1. The number of aliphatic hydroxyl groups is 1. The second kappa shape index (κ2) is 6.38. The molecule has 2 saturated heterocycles. The number of aliphatic hydroxyl groups excluding tert-OH is 1. The van der Waals surface area contributed by atoms with Crippen LogP contribution in [0.15, 0.2) is 0 Å². The second-order valence-corrected chi connectivity index (χ2v) is 6.95. The summed E-state index contributed by atoms with van der Waals surface area (Å²) in [5.74, 6) is -0.478. The molecule has 2 atom stereocenters. The number of esters is 1. The van der Waals surface area contributed by atoms with Crippen LogP contribution in [0.5, 0.6) is 0 Å². The first-order valence-electron chi connectivity index (χ1n) is 7.08. The molecule has 0 aliphatic carbocycles. The first kappa shape index (κ1) is 15.7. The van der Waals surface area contributed by atoms with Gasteiger partial charge in [-0.1, -0.05) is 0 Å². The van der Waals surface area contributed by atoms with Gasteiger partial charge in [-0.2, -0.15) is 17.0 Å². The topological polar surface area (TPSA) is 87.2 Å². The summed E-state index contributed by atoms with van der Waals surface area (Å²) in [4.78, 5) is 11.9. The van der Waals surface area contributed by atoms with Crippen molar-refractivity contribution in [2.75, 3.05) is 26.3 Å². The molecule has 0 saturated carbocycles. The van der Waals surface area contributed by atoms with Crippen molar-refractivity contribution in [3.63, 3.8) is 0 Å². The molecule has 2 aliphatic heterocycles. The molecule has 0 spiro atoms. The summed E-state index contributed by atoms with van der Waals surface area (Å²) in [6.45, 7) is 2.50. The molecule has 2 unspecified atom stereocenters. The molecule has 2 heterocycles. The zero-order chi connectivity index (χ0) is 14.8. The minimum Gasteiger partial charge on any atom is -0.465 e. The number of ether oxygens (including phenoxy) is 1. The van der Waals surface area contributed by atoms with Crippen LogP contribution < -0.4 is 0 Å². The van der Waals surface area contributed by atoms with Crippen molar-refractivity contribution in [1.29, 1.82) is 0 Å². The van der Waals surface area contributed by atoms with Crippen LogP contribution in [0.1, 0.15) is 32.6 Å². The lowest BCUT2D eigenvalue weighted by Crippen LogP contribution is -2.50. The molecule has 116 valence electrons. The molecule has 1 N–H and O–H groups in total. The first-order valence-corrected chi connectivity index (χ1v) is 8.48. The van der Waals surface area contributed by atoms with E-state index in [0.29, 0.717) is 32.4 Å². The highest BCUT2D eigenvalue weighted by Gasteiger charge is 2.45. The van der Waals surface area contributed by atoms with Gasteiger partial charge in [0.05, 0.1) is 13.2 Å². The summed E-state index contributed by atoms with van der Waals surface area (Å²) >= 11 is 0. The van der Waals surface area contributed by atoms with Crippen molar-refractivity contribution in [1.82, 2.24) is 8.61 Å². The van der Waals surface area contributed by atoms with E-state index in [2.05, 4.69) is 0 Å². The Hall–Kier alpha value is -0.700. The van der Waals surface area contributed by atoms with Gasteiger partial charge >= 0.3 is 5.97 Å². The van der Waals surface area contributed by atoms with Crippen LogP contribution in [0, 0.1) is 0 Å². The quantitative estimate of drug-likeness (QED) is 0.706. The van der Waals surface area contributed by atoms with E-state index < -0.39 is 22.2 Å². The Morgan fingerprint density at radius 1 is 1.25 bits per heavy atom.